The fourth-order valence-electron chi connectivity index (χ4n) is 5.75. The summed E-state index contributed by atoms with van der Waals surface area (Å²) in [5, 5.41) is 0. The highest BCUT2D eigenvalue weighted by atomic mass is 16.5. The Bertz CT molecular complexity index is 454. The molecule has 0 saturated heterocycles. The van der Waals surface area contributed by atoms with E-state index in [9.17, 15) is 4.79 Å². The van der Waals surface area contributed by atoms with Crippen molar-refractivity contribution in [3.8, 4) is 0 Å². The largest absolute Gasteiger partial charge is 0.458 e. The van der Waals surface area contributed by atoms with Gasteiger partial charge in [0.1, 0.15) is 6.10 Å². The van der Waals surface area contributed by atoms with Gasteiger partial charge in [-0.2, -0.15) is 0 Å². The van der Waals surface area contributed by atoms with E-state index >= 15 is 0 Å². The van der Waals surface area contributed by atoms with E-state index in [4.69, 9.17) is 4.74 Å². The zero-order valence-electron chi connectivity index (χ0n) is 12.7. The van der Waals surface area contributed by atoms with Crippen LogP contribution in [0, 0.1) is 22.2 Å². The molecular formula is C17H26O2. The maximum absolute atomic E-state index is 11.3. The fourth-order valence-corrected chi connectivity index (χ4v) is 5.75. The monoisotopic (exact) mass is 262 g/mol. The third kappa shape index (κ3) is 1.41. The van der Waals surface area contributed by atoms with Gasteiger partial charge >= 0.3 is 5.97 Å². The lowest BCUT2D eigenvalue weighted by atomic mass is 9.59. The maximum atomic E-state index is 11.3. The molecule has 0 radical (unpaired) electrons. The minimum Gasteiger partial charge on any atom is -0.458 e. The molecule has 2 nitrogen and oxygen atoms in total. The Hall–Kier alpha value is -0.790. The van der Waals surface area contributed by atoms with Crippen LogP contribution >= 0.6 is 0 Å². The Labute approximate surface area is 116 Å². The van der Waals surface area contributed by atoms with Crippen molar-refractivity contribution >= 4 is 5.97 Å². The Balaban J connectivity index is 2.02. The lowest BCUT2D eigenvalue weighted by Crippen LogP contribution is -2.40. The van der Waals surface area contributed by atoms with E-state index in [1.165, 1.54) is 38.2 Å². The summed E-state index contributed by atoms with van der Waals surface area (Å²) in [6, 6.07) is 0. The molecule has 19 heavy (non-hydrogen) atoms. The van der Waals surface area contributed by atoms with Crippen LogP contribution in [0.25, 0.3) is 0 Å². The highest BCUT2D eigenvalue weighted by Crippen LogP contribution is 2.77. The van der Waals surface area contributed by atoms with E-state index in [1.54, 1.807) is 0 Å². The molecule has 0 aliphatic heterocycles. The number of fused-ring (bicyclic) bond motifs is 5. The molecule has 0 aromatic heterocycles. The van der Waals surface area contributed by atoms with Crippen molar-refractivity contribution in [2.75, 3.05) is 0 Å². The third-order valence-corrected chi connectivity index (χ3v) is 7.19. The van der Waals surface area contributed by atoms with Crippen molar-refractivity contribution in [2.24, 2.45) is 22.2 Å². The summed E-state index contributed by atoms with van der Waals surface area (Å²) in [6.45, 7) is 13.2. The summed E-state index contributed by atoms with van der Waals surface area (Å²) in [6.07, 6.45) is 6.10. The number of hydrogen-bond donors (Lipinski definition) is 0. The standard InChI is InChI=1S/C17H26O2/c1-11-13-9-15(3,10-14(11)19-12(2)18)17(5)8-6-7-16(13,17)4/h13-14H,1,6-10H2,2-5H3/t13-,14-,15+,16+,17-/m1/s1. The van der Waals surface area contributed by atoms with Crippen LogP contribution < -0.4 is 0 Å². The Kier molecular flexibility index (Phi) is 2.54. The van der Waals surface area contributed by atoms with E-state index in [0.717, 1.165) is 6.42 Å². The normalized spacial score (nSPS) is 52.1. The first-order valence-corrected chi connectivity index (χ1v) is 7.59. The molecule has 106 valence electrons. The molecule has 0 N–H and O–H groups in total. The first kappa shape index (κ1) is 13.2. The van der Waals surface area contributed by atoms with Crippen molar-refractivity contribution in [1.82, 2.24) is 0 Å². The molecule has 3 aliphatic rings. The molecule has 5 atom stereocenters. The van der Waals surface area contributed by atoms with Crippen LogP contribution in [0.4, 0.5) is 0 Å². The average molecular weight is 262 g/mol. The van der Waals surface area contributed by atoms with Crippen molar-refractivity contribution in [3.05, 3.63) is 12.2 Å². The molecular weight excluding hydrogens is 236 g/mol. The van der Waals surface area contributed by atoms with Gasteiger partial charge in [-0.15, -0.1) is 0 Å². The average Bonchev–Trinajstić information content (AvgIpc) is 2.67. The highest BCUT2D eigenvalue weighted by Gasteiger charge is 2.70. The minimum atomic E-state index is -0.170. The highest BCUT2D eigenvalue weighted by molar-refractivity contribution is 5.66. The molecule has 0 aromatic rings. The molecule has 0 spiro atoms. The van der Waals surface area contributed by atoms with Gasteiger partial charge < -0.3 is 4.74 Å². The lowest BCUT2D eigenvalue weighted by molar-refractivity contribution is -0.147. The van der Waals surface area contributed by atoms with Crippen LogP contribution in [-0.4, -0.2) is 12.1 Å². The Morgan fingerprint density at radius 2 is 1.95 bits per heavy atom. The predicted molar refractivity (Wildman–Crippen MR) is 75.6 cm³/mol. The summed E-state index contributed by atoms with van der Waals surface area (Å²) in [5.74, 6) is 0.361. The van der Waals surface area contributed by atoms with Gasteiger partial charge in [-0.1, -0.05) is 33.8 Å². The third-order valence-electron chi connectivity index (χ3n) is 7.19. The van der Waals surface area contributed by atoms with Crippen molar-refractivity contribution < 1.29 is 9.53 Å². The van der Waals surface area contributed by atoms with Crippen molar-refractivity contribution in [1.29, 1.82) is 0 Å². The molecule has 0 heterocycles. The van der Waals surface area contributed by atoms with Gasteiger partial charge in [-0.05, 0) is 53.4 Å². The zero-order valence-corrected chi connectivity index (χ0v) is 12.7. The number of esters is 1. The Morgan fingerprint density at radius 3 is 2.58 bits per heavy atom. The van der Waals surface area contributed by atoms with E-state index < -0.39 is 0 Å². The molecule has 3 aliphatic carbocycles. The van der Waals surface area contributed by atoms with E-state index in [-0.39, 0.29) is 12.1 Å². The van der Waals surface area contributed by atoms with Crippen LogP contribution in [-0.2, 0) is 9.53 Å². The van der Waals surface area contributed by atoms with Crippen molar-refractivity contribution in [3.63, 3.8) is 0 Å². The van der Waals surface area contributed by atoms with Gasteiger partial charge in [0.05, 0.1) is 0 Å². The van der Waals surface area contributed by atoms with Gasteiger partial charge in [0.15, 0.2) is 0 Å². The number of carbonyl (C=O) groups excluding carboxylic acids is 1. The summed E-state index contributed by atoms with van der Waals surface area (Å²) >= 11 is 0. The second-order valence-corrected chi connectivity index (χ2v) is 7.80. The zero-order chi connectivity index (χ0) is 14.1. The molecule has 3 saturated carbocycles. The number of ether oxygens (including phenoxy) is 1. The fraction of sp³-hybridized carbons (Fsp3) is 0.824. The summed E-state index contributed by atoms with van der Waals surface area (Å²) in [4.78, 5) is 11.3. The Morgan fingerprint density at radius 1 is 1.26 bits per heavy atom. The van der Waals surface area contributed by atoms with Gasteiger partial charge in [0, 0.05) is 6.92 Å². The molecule has 0 amide bonds. The quantitative estimate of drug-likeness (QED) is 0.525. The number of rotatable bonds is 1. The summed E-state index contributed by atoms with van der Waals surface area (Å²) < 4.78 is 5.57. The first-order valence-electron chi connectivity index (χ1n) is 7.59. The smallest absolute Gasteiger partial charge is 0.303 e. The first-order chi connectivity index (χ1) is 8.73. The van der Waals surface area contributed by atoms with Gasteiger partial charge in [0.25, 0.3) is 0 Å². The molecule has 0 aromatic carbocycles. The second kappa shape index (κ2) is 3.65. The minimum absolute atomic E-state index is 0.0551. The topological polar surface area (TPSA) is 26.3 Å². The van der Waals surface area contributed by atoms with Crippen LogP contribution in [0.15, 0.2) is 12.2 Å². The maximum Gasteiger partial charge on any atom is 0.303 e. The summed E-state index contributed by atoms with van der Waals surface area (Å²) in [5.41, 5.74) is 2.21. The molecule has 2 bridgehead atoms. The molecule has 2 heteroatoms. The van der Waals surface area contributed by atoms with Crippen LogP contribution in [0.1, 0.15) is 59.8 Å². The van der Waals surface area contributed by atoms with Gasteiger partial charge in [0.2, 0.25) is 0 Å². The SMILES string of the molecule is C=C1[C@H]2C[C@@](C)(C[C@H]1OC(C)=O)[C@@]1(C)CCC[C@@]21C. The molecule has 3 fully saturated rings. The molecule has 0 unspecified atom stereocenters. The van der Waals surface area contributed by atoms with Crippen molar-refractivity contribution in [2.45, 2.75) is 65.9 Å². The number of hydrogen-bond acceptors (Lipinski definition) is 2. The summed E-state index contributed by atoms with van der Waals surface area (Å²) in [7, 11) is 0. The lowest BCUT2D eigenvalue weighted by Gasteiger charge is -2.46. The van der Waals surface area contributed by atoms with E-state index in [0.29, 0.717) is 22.2 Å². The number of carbonyl (C=O) groups is 1. The van der Waals surface area contributed by atoms with Crippen LogP contribution in [0.2, 0.25) is 0 Å². The van der Waals surface area contributed by atoms with Gasteiger partial charge in [-0.25, -0.2) is 0 Å². The van der Waals surface area contributed by atoms with E-state index in [2.05, 4.69) is 27.4 Å². The van der Waals surface area contributed by atoms with Crippen LogP contribution in [0.3, 0.4) is 0 Å². The molecule has 3 rings (SSSR count). The van der Waals surface area contributed by atoms with Crippen LogP contribution in [0.5, 0.6) is 0 Å². The van der Waals surface area contributed by atoms with Gasteiger partial charge in [-0.3, -0.25) is 4.79 Å². The second-order valence-electron chi connectivity index (χ2n) is 7.80. The van der Waals surface area contributed by atoms with E-state index in [1.807, 2.05) is 0 Å². The predicted octanol–water partition coefficient (Wildman–Crippen LogP) is 4.10.